The number of nitrogens with zero attached hydrogens (tertiary/aromatic N) is 1. The highest BCUT2D eigenvalue weighted by atomic mass is 16.5. The number of amides is 1. The number of hydrogen-bond acceptors (Lipinski definition) is 4. The Bertz CT molecular complexity index is 484. The summed E-state index contributed by atoms with van der Waals surface area (Å²) in [7, 11) is 0. The molecule has 21 heavy (non-hydrogen) atoms. The Labute approximate surface area is 124 Å². The number of oxime groups is 1. The van der Waals surface area contributed by atoms with Crippen LogP contribution < -0.4 is 11.1 Å². The molecule has 1 fully saturated rings. The van der Waals surface area contributed by atoms with Gasteiger partial charge in [0, 0.05) is 6.61 Å². The lowest BCUT2D eigenvalue weighted by atomic mass is 9.96. The number of amidine groups is 1. The van der Waals surface area contributed by atoms with Crippen molar-refractivity contribution in [3.8, 4) is 0 Å². The van der Waals surface area contributed by atoms with Gasteiger partial charge in [0.05, 0.1) is 12.6 Å². The molecule has 1 amide bonds. The van der Waals surface area contributed by atoms with Crippen LogP contribution in [0.4, 0.5) is 0 Å². The fourth-order valence-corrected chi connectivity index (χ4v) is 2.41. The number of ether oxygens (including phenoxy) is 1. The molecule has 6 nitrogen and oxygen atoms in total. The van der Waals surface area contributed by atoms with Gasteiger partial charge >= 0.3 is 0 Å². The van der Waals surface area contributed by atoms with E-state index in [0.717, 1.165) is 25.0 Å². The van der Waals surface area contributed by atoms with E-state index in [9.17, 15) is 4.79 Å². The van der Waals surface area contributed by atoms with Crippen LogP contribution in [0.3, 0.4) is 0 Å². The lowest BCUT2D eigenvalue weighted by molar-refractivity contribution is -0.124. The second kappa shape index (κ2) is 7.64. The Morgan fingerprint density at radius 1 is 1.48 bits per heavy atom. The van der Waals surface area contributed by atoms with E-state index < -0.39 is 5.92 Å². The lowest BCUT2D eigenvalue weighted by Crippen LogP contribution is -2.47. The highest BCUT2D eigenvalue weighted by molar-refractivity contribution is 6.02. The quantitative estimate of drug-likeness (QED) is 0.325. The summed E-state index contributed by atoms with van der Waals surface area (Å²) < 4.78 is 5.34. The average Bonchev–Trinajstić information content (AvgIpc) is 2.53. The van der Waals surface area contributed by atoms with Crippen LogP contribution in [0, 0.1) is 5.92 Å². The molecule has 4 N–H and O–H groups in total. The van der Waals surface area contributed by atoms with Gasteiger partial charge in [0.2, 0.25) is 5.91 Å². The first kappa shape index (κ1) is 15.3. The van der Waals surface area contributed by atoms with E-state index >= 15 is 0 Å². The molecule has 0 radical (unpaired) electrons. The Balaban J connectivity index is 2.02. The SMILES string of the molecule is NC(=NO)C(Cc1ccccc1)C(=O)NC1CCCOC1. The molecular weight excluding hydrogens is 270 g/mol. The summed E-state index contributed by atoms with van der Waals surface area (Å²) in [4.78, 5) is 12.4. The monoisotopic (exact) mass is 291 g/mol. The summed E-state index contributed by atoms with van der Waals surface area (Å²) in [6, 6.07) is 9.51. The minimum absolute atomic E-state index is 0.00369. The first-order valence-corrected chi connectivity index (χ1v) is 7.10. The topological polar surface area (TPSA) is 96.9 Å². The van der Waals surface area contributed by atoms with Crippen LogP contribution in [0.25, 0.3) is 0 Å². The van der Waals surface area contributed by atoms with Gasteiger partial charge in [-0.2, -0.15) is 0 Å². The third kappa shape index (κ3) is 4.46. The Morgan fingerprint density at radius 2 is 2.24 bits per heavy atom. The predicted octanol–water partition coefficient (Wildman–Crippen LogP) is 0.887. The molecule has 1 heterocycles. The molecule has 114 valence electrons. The van der Waals surface area contributed by atoms with E-state index in [0.29, 0.717) is 13.0 Å². The number of carbonyl (C=O) groups excluding carboxylic acids is 1. The molecular formula is C15H21N3O3. The zero-order chi connectivity index (χ0) is 15.1. The molecule has 1 aliphatic rings. The second-order valence-corrected chi connectivity index (χ2v) is 5.19. The molecule has 2 atom stereocenters. The zero-order valence-corrected chi connectivity index (χ0v) is 11.9. The Kier molecular flexibility index (Phi) is 5.57. The van der Waals surface area contributed by atoms with E-state index in [1.54, 1.807) is 0 Å². The van der Waals surface area contributed by atoms with Crippen LogP contribution >= 0.6 is 0 Å². The number of benzene rings is 1. The number of carbonyl (C=O) groups is 1. The Morgan fingerprint density at radius 3 is 2.86 bits per heavy atom. The fraction of sp³-hybridized carbons (Fsp3) is 0.467. The third-order valence-corrected chi connectivity index (χ3v) is 3.58. The van der Waals surface area contributed by atoms with Crippen molar-refractivity contribution in [1.29, 1.82) is 0 Å². The van der Waals surface area contributed by atoms with E-state index in [4.69, 9.17) is 15.7 Å². The molecule has 0 aromatic heterocycles. The summed E-state index contributed by atoms with van der Waals surface area (Å²) in [5, 5.41) is 14.8. The first-order valence-electron chi connectivity index (χ1n) is 7.10. The minimum atomic E-state index is -0.681. The van der Waals surface area contributed by atoms with Gasteiger partial charge in [-0.1, -0.05) is 35.5 Å². The summed E-state index contributed by atoms with van der Waals surface area (Å²) in [6.45, 7) is 1.25. The molecule has 0 saturated carbocycles. The summed E-state index contributed by atoms with van der Waals surface area (Å²) in [5.41, 5.74) is 6.64. The van der Waals surface area contributed by atoms with Crippen LogP contribution in [0.5, 0.6) is 0 Å². The minimum Gasteiger partial charge on any atom is -0.409 e. The van der Waals surface area contributed by atoms with Gasteiger partial charge in [-0.3, -0.25) is 4.79 Å². The van der Waals surface area contributed by atoms with Crippen LogP contribution in [0.15, 0.2) is 35.5 Å². The van der Waals surface area contributed by atoms with E-state index in [1.807, 2.05) is 30.3 Å². The number of nitrogens with two attached hydrogens (primary N) is 1. The molecule has 2 unspecified atom stereocenters. The normalized spacial score (nSPS) is 20.8. The van der Waals surface area contributed by atoms with Gasteiger partial charge in [0.15, 0.2) is 5.84 Å². The highest BCUT2D eigenvalue weighted by Crippen LogP contribution is 2.12. The lowest BCUT2D eigenvalue weighted by Gasteiger charge is -2.25. The number of hydrogen-bond donors (Lipinski definition) is 3. The molecule has 2 rings (SSSR count). The fourth-order valence-electron chi connectivity index (χ4n) is 2.41. The van der Waals surface area contributed by atoms with Crippen LogP contribution in [-0.2, 0) is 16.0 Å². The third-order valence-electron chi connectivity index (χ3n) is 3.58. The van der Waals surface area contributed by atoms with Crippen molar-refractivity contribution in [2.75, 3.05) is 13.2 Å². The van der Waals surface area contributed by atoms with Crippen molar-refractivity contribution in [1.82, 2.24) is 5.32 Å². The molecule has 1 aromatic carbocycles. The van der Waals surface area contributed by atoms with E-state index in [2.05, 4.69) is 10.5 Å². The zero-order valence-electron chi connectivity index (χ0n) is 11.9. The number of nitrogens with one attached hydrogen (secondary N) is 1. The van der Waals surface area contributed by atoms with Crippen molar-refractivity contribution in [3.63, 3.8) is 0 Å². The van der Waals surface area contributed by atoms with E-state index in [1.165, 1.54) is 0 Å². The number of rotatable bonds is 5. The van der Waals surface area contributed by atoms with Crippen LogP contribution in [0.1, 0.15) is 18.4 Å². The van der Waals surface area contributed by atoms with Gasteiger partial charge in [0.1, 0.15) is 5.92 Å². The van der Waals surface area contributed by atoms with Crippen molar-refractivity contribution in [3.05, 3.63) is 35.9 Å². The molecule has 0 spiro atoms. The maximum absolute atomic E-state index is 12.4. The maximum atomic E-state index is 12.4. The summed E-state index contributed by atoms with van der Waals surface area (Å²) in [5.74, 6) is -0.989. The largest absolute Gasteiger partial charge is 0.409 e. The summed E-state index contributed by atoms with van der Waals surface area (Å²) in [6.07, 6.45) is 2.22. The van der Waals surface area contributed by atoms with Crippen LogP contribution in [0.2, 0.25) is 0 Å². The molecule has 0 bridgehead atoms. The molecule has 0 aliphatic carbocycles. The van der Waals surface area contributed by atoms with Gasteiger partial charge in [-0.25, -0.2) is 0 Å². The van der Waals surface area contributed by atoms with Gasteiger partial charge < -0.3 is 21.0 Å². The van der Waals surface area contributed by atoms with Gasteiger partial charge in [-0.05, 0) is 24.8 Å². The van der Waals surface area contributed by atoms with Gasteiger partial charge in [-0.15, -0.1) is 0 Å². The molecule has 6 heteroatoms. The van der Waals surface area contributed by atoms with E-state index in [-0.39, 0.29) is 17.8 Å². The van der Waals surface area contributed by atoms with Gasteiger partial charge in [0.25, 0.3) is 0 Å². The second-order valence-electron chi connectivity index (χ2n) is 5.19. The molecule has 1 saturated heterocycles. The highest BCUT2D eigenvalue weighted by Gasteiger charge is 2.26. The smallest absolute Gasteiger partial charge is 0.231 e. The van der Waals surface area contributed by atoms with Crippen molar-refractivity contribution in [2.24, 2.45) is 16.8 Å². The van der Waals surface area contributed by atoms with Crippen molar-refractivity contribution in [2.45, 2.75) is 25.3 Å². The van der Waals surface area contributed by atoms with Crippen molar-refractivity contribution >= 4 is 11.7 Å². The first-order chi connectivity index (χ1) is 10.2. The summed E-state index contributed by atoms with van der Waals surface area (Å²) >= 11 is 0. The average molecular weight is 291 g/mol. The van der Waals surface area contributed by atoms with Crippen LogP contribution in [-0.4, -0.2) is 36.2 Å². The molecule has 1 aliphatic heterocycles. The maximum Gasteiger partial charge on any atom is 0.231 e. The predicted molar refractivity (Wildman–Crippen MR) is 79.0 cm³/mol. The standard InChI is InChI=1S/C15H21N3O3/c16-14(18-20)13(9-11-5-2-1-3-6-11)15(19)17-12-7-4-8-21-10-12/h1-3,5-6,12-13,20H,4,7-10H2,(H2,16,18)(H,17,19). The van der Waals surface area contributed by atoms with Crippen molar-refractivity contribution < 1.29 is 14.7 Å². The Hall–Kier alpha value is -2.08. The molecule has 1 aromatic rings.